The van der Waals surface area contributed by atoms with E-state index >= 15 is 0 Å². The Morgan fingerprint density at radius 2 is 1.77 bits per heavy atom. The van der Waals surface area contributed by atoms with Gasteiger partial charge in [0.1, 0.15) is 16.9 Å². The third kappa shape index (κ3) is 5.38. The number of hydrogen-bond acceptors (Lipinski definition) is 5. The van der Waals surface area contributed by atoms with Gasteiger partial charge >= 0.3 is 6.09 Å². The molecule has 4 aromatic rings. The summed E-state index contributed by atoms with van der Waals surface area (Å²) in [4.78, 5) is 16.5. The van der Waals surface area contributed by atoms with Crippen molar-refractivity contribution >= 4 is 45.1 Å². The van der Waals surface area contributed by atoms with Crippen LogP contribution in [0.25, 0.3) is 33.1 Å². The first-order valence-corrected chi connectivity index (χ1v) is 12.5. The van der Waals surface area contributed by atoms with Crippen molar-refractivity contribution in [2.75, 3.05) is 5.32 Å². The average Bonchev–Trinajstić information content (AvgIpc) is 3.23. The Labute approximate surface area is 210 Å². The van der Waals surface area contributed by atoms with Crippen LogP contribution in [0.3, 0.4) is 0 Å². The molecule has 35 heavy (non-hydrogen) atoms. The van der Waals surface area contributed by atoms with Gasteiger partial charge in [0.15, 0.2) is 0 Å². The van der Waals surface area contributed by atoms with E-state index < -0.39 is 5.60 Å². The molecule has 1 saturated carbocycles. The van der Waals surface area contributed by atoms with Crippen molar-refractivity contribution < 1.29 is 13.9 Å². The van der Waals surface area contributed by atoms with Gasteiger partial charge in [-0.3, -0.25) is 4.98 Å². The number of benzene rings is 2. The van der Waals surface area contributed by atoms with Gasteiger partial charge in [-0.1, -0.05) is 29.8 Å². The van der Waals surface area contributed by atoms with E-state index in [1.54, 1.807) is 0 Å². The van der Waals surface area contributed by atoms with E-state index in [9.17, 15) is 4.79 Å². The van der Waals surface area contributed by atoms with Crippen LogP contribution in [-0.4, -0.2) is 28.8 Å². The van der Waals surface area contributed by atoms with Crippen LogP contribution in [0.1, 0.15) is 46.5 Å². The number of hydrogen-bond donors (Lipinski definition) is 2. The number of carbonyl (C=O) groups is 1. The van der Waals surface area contributed by atoms with Crippen molar-refractivity contribution in [1.29, 1.82) is 0 Å². The van der Waals surface area contributed by atoms with Crippen LogP contribution in [0.2, 0.25) is 5.02 Å². The van der Waals surface area contributed by atoms with Gasteiger partial charge in [0.2, 0.25) is 0 Å². The Morgan fingerprint density at radius 3 is 2.51 bits per heavy atom. The summed E-state index contributed by atoms with van der Waals surface area (Å²) in [5, 5.41) is 10.3. The molecule has 1 amide bonds. The minimum absolute atomic E-state index is 0.126. The van der Waals surface area contributed by atoms with E-state index in [-0.39, 0.29) is 18.2 Å². The summed E-state index contributed by atoms with van der Waals surface area (Å²) in [6, 6.07) is 14.5. The normalized spacial score (nSPS) is 18.5. The third-order valence-electron chi connectivity index (χ3n) is 6.35. The van der Waals surface area contributed by atoms with Gasteiger partial charge in [-0.2, -0.15) is 0 Å². The minimum atomic E-state index is -0.494. The maximum Gasteiger partial charge on any atom is 0.407 e. The molecule has 7 heteroatoms. The molecule has 0 atom stereocenters. The van der Waals surface area contributed by atoms with E-state index in [0.717, 1.165) is 64.4 Å². The van der Waals surface area contributed by atoms with Crippen molar-refractivity contribution in [3.05, 3.63) is 59.9 Å². The summed E-state index contributed by atoms with van der Waals surface area (Å²) in [6.45, 7) is 5.61. The predicted octanol–water partition coefficient (Wildman–Crippen LogP) is 7.55. The Balaban J connectivity index is 1.32. The van der Waals surface area contributed by atoms with E-state index in [4.69, 9.17) is 20.8 Å². The van der Waals surface area contributed by atoms with Gasteiger partial charge in [-0.15, -0.1) is 0 Å². The molecule has 0 aliphatic heterocycles. The zero-order chi connectivity index (χ0) is 24.6. The quantitative estimate of drug-likeness (QED) is 0.308. The van der Waals surface area contributed by atoms with Crippen molar-refractivity contribution in [1.82, 2.24) is 10.3 Å². The number of pyridine rings is 1. The van der Waals surface area contributed by atoms with E-state index in [1.165, 1.54) is 0 Å². The van der Waals surface area contributed by atoms with Crippen LogP contribution in [-0.2, 0) is 4.74 Å². The number of furan rings is 1. The second kappa shape index (κ2) is 9.42. The molecule has 6 nitrogen and oxygen atoms in total. The zero-order valence-corrected chi connectivity index (χ0v) is 21.0. The highest BCUT2D eigenvalue weighted by Gasteiger charge is 2.25. The molecule has 0 bridgehead atoms. The monoisotopic (exact) mass is 491 g/mol. The molecule has 2 N–H and O–H groups in total. The molecule has 1 aliphatic carbocycles. The lowest BCUT2D eigenvalue weighted by Crippen LogP contribution is -2.42. The fraction of sp³-hybridized carbons (Fsp3) is 0.357. The lowest BCUT2D eigenvalue weighted by atomic mass is 9.91. The molecule has 2 heterocycles. The second-order valence-electron chi connectivity index (χ2n) is 10.2. The van der Waals surface area contributed by atoms with Crippen LogP contribution >= 0.6 is 11.6 Å². The number of para-hydroxylation sites is 1. The van der Waals surface area contributed by atoms with E-state index in [2.05, 4.69) is 21.7 Å². The third-order valence-corrected chi connectivity index (χ3v) is 6.66. The maximum absolute atomic E-state index is 12.1. The highest BCUT2D eigenvalue weighted by Crippen LogP contribution is 2.37. The molecule has 1 aliphatic rings. The number of aromatic nitrogens is 1. The van der Waals surface area contributed by atoms with Gasteiger partial charge in [-0.05, 0) is 76.1 Å². The number of amides is 1. The van der Waals surface area contributed by atoms with Gasteiger partial charge in [0.05, 0.1) is 10.7 Å². The number of carbonyl (C=O) groups excluding carboxylic acids is 1. The summed E-state index contributed by atoms with van der Waals surface area (Å²) in [5.41, 5.74) is 2.19. The lowest BCUT2D eigenvalue weighted by molar-refractivity contribution is 0.0492. The summed E-state index contributed by atoms with van der Waals surface area (Å²) in [5.74, 6) is 0.784. The number of rotatable bonds is 4. The number of ether oxygens (including phenoxy) is 1. The standard InChI is InChI=1S/C28H30ClN3O3/c1-28(2,3)35-27(33)32-20-10-8-19(9-11-20)31-24-14-21-18(12-23(24)29)15-30-16-22(21)26-13-17-6-4-5-7-25(17)34-26/h4-7,12-16,19-20,31H,8-11H2,1-3H3,(H,32,33)/t19-,20-. The molecule has 182 valence electrons. The van der Waals surface area contributed by atoms with Crippen LogP contribution in [0.15, 0.2) is 59.3 Å². The smallest absolute Gasteiger partial charge is 0.407 e. The SMILES string of the molecule is CC(C)(C)OC(=O)N[C@H]1CC[C@H](Nc2cc3c(-c4cc5ccccc5o4)cncc3cc2Cl)CC1. The molecule has 2 aromatic carbocycles. The Kier molecular flexibility index (Phi) is 6.32. The molecule has 5 rings (SSSR count). The number of alkyl carbamates (subject to hydrolysis) is 1. The average molecular weight is 492 g/mol. The van der Waals surface area contributed by atoms with E-state index in [1.807, 2.05) is 69.6 Å². The summed E-state index contributed by atoms with van der Waals surface area (Å²) >= 11 is 6.66. The van der Waals surface area contributed by atoms with Gasteiger partial charge < -0.3 is 19.8 Å². The van der Waals surface area contributed by atoms with Crippen LogP contribution in [0.5, 0.6) is 0 Å². The number of anilines is 1. The zero-order valence-electron chi connectivity index (χ0n) is 20.2. The van der Waals surface area contributed by atoms with Crippen molar-refractivity contribution in [3.8, 4) is 11.3 Å². The van der Waals surface area contributed by atoms with Gasteiger partial charge in [0, 0.05) is 40.8 Å². The fourth-order valence-corrected chi connectivity index (χ4v) is 4.91. The van der Waals surface area contributed by atoms with Crippen LogP contribution in [0.4, 0.5) is 10.5 Å². The highest BCUT2D eigenvalue weighted by atomic mass is 35.5. The number of halogens is 1. The first-order valence-electron chi connectivity index (χ1n) is 12.1. The first-order chi connectivity index (χ1) is 16.7. The maximum atomic E-state index is 12.1. The van der Waals surface area contributed by atoms with Gasteiger partial charge in [0.25, 0.3) is 0 Å². The Hall–Kier alpha value is -3.25. The Bertz CT molecular complexity index is 1330. The van der Waals surface area contributed by atoms with E-state index in [0.29, 0.717) is 5.02 Å². The topological polar surface area (TPSA) is 76.4 Å². The van der Waals surface area contributed by atoms with Crippen molar-refractivity contribution in [2.45, 2.75) is 64.1 Å². The number of nitrogens with zero attached hydrogens (tertiary/aromatic N) is 1. The predicted molar refractivity (Wildman–Crippen MR) is 141 cm³/mol. The Morgan fingerprint density at radius 1 is 1.03 bits per heavy atom. The van der Waals surface area contributed by atoms with Crippen molar-refractivity contribution in [3.63, 3.8) is 0 Å². The highest BCUT2D eigenvalue weighted by molar-refractivity contribution is 6.34. The summed E-state index contributed by atoms with van der Waals surface area (Å²) in [6.07, 6.45) is 6.95. The van der Waals surface area contributed by atoms with Crippen LogP contribution in [0, 0.1) is 0 Å². The molecular formula is C28H30ClN3O3. The molecule has 0 saturated heterocycles. The molecule has 0 unspecified atom stereocenters. The molecule has 2 aromatic heterocycles. The summed E-state index contributed by atoms with van der Waals surface area (Å²) < 4.78 is 11.5. The van der Waals surface area contributed by atoms with Crippen LogP contribution < -0.4 is 10.6 Å². The largest absolute Gasteiger partial charge is 0.456 e. The lowest BCUT2D eigenvalue weighted by Gasteiger charge is -2.31. The molecule has 1 fully saturated rings. The minimum Gasteiger partial charge on any atom is -0.456 e. The van der Waals surface area contributed by atoms with Gasteiger partial charge in [-0.25, -0.2) is 4.79 Å². The molecule has 0 spiro atoms. The number of fused-ring (bicyclic) bond motifs is 2. The fourth-order valence-electron chi connectivity index (χ4n) is 4.69. The molecule has 0 radical (unpaired) electrons. The number of nitrogens with one attached hydrogen (secondary N) is 2. The first kappa shape index (κ1) is 23.5. The molecular weight excluding hydrogens is 462 g/mol. The summed E-state index contributed by atoms with van der Waals surface area (Å²) in [7, 11) is 0. The van der Waals surface area contributed by atoms with Crippen molar-refractivity contribution in [2.24, 2.45) is 0 Å². The second-order valence-corrected chi connectivity index (χ2v) is 10.6.